The minimum Gasteiger partial charge on any atom is -0.493 e. The Balaban J connectivity index is 1.85. The summed E-state index contributed by atoms with van der Waals surface area (Å²) in [5, 5.41) is 3.93. The molecule has 0 heterocycles. The molecule has 3 aromatic rings. The second-order valence-corrected chi connectivity index (χ2v) is 8.90. The highest BCUT2D eigenvalue weighted by Gasteiger charge is 2.21. The van der Waals surface area contributed by atoms with Gasteiger partial charge in [-0.2, -0.15) is 13.5 Å². The minimum absolute atomic E-state index is 0.00912. The summed E-state index contributed by atoms with van der Waals surface area (Å²) in [7, 11) is -2.71. The van der Waals surface area contributed by atoms with Crippen LogP contribution in [0.1, 0.15) is 21.5 Å². The van der Waals surface area contributed by atoms with Gasteiger partial charge < -0.3 is 8.92 Å². The topological polar surface area (TPSA) is 94.1 Å². The maximum atomic E-state index is 12.7. The number of amides is 1. The van der Waals surface area contributed by atoms with E-state index in [0.29, 0.717) is 11.1 Å². The predicted molar refractivity (Wildman–Crippen MR) is 121 cm³/mol. The van der Waals surface area contributed by atoms with Crippen LogP contribution in [0.4, 0.5) is 0 Å². The van der Waals surface area contributed by atoms with Crippen LogP contribution >= 0.6 is 15.9 Å². The highest BCUT2D eigenvalue weighted by Crippen LogP contribution is 2.32. The molecule has 9 heteroatoms. The summed E-state index contributed by atoms with van der Waals surface area (Å²) in [5.74, 6) is -0.251. The average Bonchev–Trinajstić information content (AvgIpc) is 2.74. The van der Waals surface area contributed by atoms with Crippen molar-refractivity contribution >= 4 is 38.2 Å². The van der Waals surface area contributed by atoms with Crippen LogP contribution < -0.4 is 14.3 Å². The summed E-state index contributed by atoms with van der Waals surface area (Å²) < 4.78 is 36.9. The molecule has 0 aliphatic carbocycles. The van der Waals surface area contributed by atoms with Gasteiger partial charge in [-0.3, -0.25) is 4.79 Å². The van der Waals surface area contributed by atoms with Crippen LogP contribution in [0.25, 0.3) is 0 Å². The molecule has 3 aromatic carbocycles. The molecule has 0 radical (unpaired) electrons. The van der Waals surface area contributed by atoms with E-state index in [9.17, 15) is 13.2 Å². The smallest absolute Gasteiger partial charge is 0.339 e. The molecule has 0 aliphatic heterocycles. The number of nitrogens with zero attached hydrogens (tertiary/aromatic N) is 1. The molecule has 0 saturated carbocycles. The molecule has 0 aromatic heterocycles. The summed E-state index contributed by atoms with van der Waals surface area (Å²) in [6.45, 7) is 1.86. The Bertz CT molecular complexity index is 1220. The largest absolute Gasteiger partial charge is 0.493 e. The summed E-state index contributed by atoms with van der Waals surface area (Å²) in [6.07, 6.45) is 1.29. The molecule has 0 saturated heterocycles. The first-order valence-electron chi connectivity index (χ1n) is 9.07. The second kappa shape index (κ2) is 9.76. The fourth-order valence-corrected chi connectivity index (χ4v) is 3.96. The van der Waals surface area contributed by atoms with Gasteiger partial charge in [-0.05, 0) is 49.4 Å². The molecule has 0 bridgehead atoms. The number of para-hydroxylation sites is 1. The van der Waals surface area contributed by atoms with Gasteiger partial charge in [0.15, 0.2) is 11.5 Å². The molecule has 0 aliphatic rings. The van der Waals surface area contributed by atoms with E-state index in [1.807, 2.05) is 6.92 Å². The number of hydrazone groups is 1. The molecule has 0 spiro atoms. The number of carbonyl (C=O) groups excluding carboxylic acids is 1. The number of halogens is 1. The normalized spacial score (nSPS) is 11.3. The Morgan fingerprint density at radius 2 is 1.77 bits per heavy atom. The van der Waals surface area contributed by atoms with E-state index in [0.717, 1.165) is 10.0 Å². The van der Waals surface area contributed by atoms with Gasteiger partial charge in [0.2, 0.25) is 0 Å². The van der Waals surface area contributed by atoms with Gasteiger partial charge in [0.05, 0.1) is 13.3 Å². The van der Waals surface area contributed by atoms with Gasteiger partial charge in [-0.15, -0.1) is 0 Å². The van der Waals surface area contributed by atoms with Crippen molar-refractivity contribution in [1.82, 2.24) is 5.43 Å². The van der Waals surface area contributed by atoms with E-state index in [2.05, 4.69) is 26.5 Å². The van der Waals surface area contributed by atoms with Crippen molar-refractivity contribution in [3.05, 3.63) is 87.9 Å². The Morgan fingerprint density at radius 1 is 1.06 bits per heavy atom. The number of nitrogens with one attached hydrogen (secondary N) is 1. The van der Waals surface area contributed by atoms with Crippen LogP contribution in [0.15, 0.2) is 81.2 Å². The fraction of sp³-hybridized carbons (Fsp3) is 0.0909. The van der Waals surface area contributed by atoms with Crippen LogP contribution in [-0.2, 0) is 10.1 Å². The number of benzene rings is 3. The number of aryl methyl sites for hydroxylation is 1. The zero-order valence-electron chi connectivity index (χ0n) is 16.7. The molecular formula is C22H19BrN2O5S. The lowest BCUT2D eigenvalue weighted by Crippen LogP contribution is -2.17. The summed E-state index contributed by atoms with van der Waals surface area (Å²) in [4.78, 5) is 12.2. The van der Waals surface area contributed by atoms with Crippen LogP contribution in [0.2, 0.25) is 0 Å². The first-order chi connectivity index (χ1) is 14.8. The molecule has 0 unspecified atom stereocenters. The van der Waals surface area contributed by atoms with Gasteiger partial charge in [0.1, 0.15) is 4.90 Å². The van der Waals surface area contributed by atoms with E-state index >= 15 is 0 Å². The third-order valence-electron chi connectivity index (χ3n) is 4.19. The van der Waals surface area contributed by atoms with Crippen LogP contribution in [-0.4, -0.2) is 27.6 Å². The quantitative estimate of drug-likeness (QED) is 0.295. The van der Waals surface area contributed by atoms with Crippen molar-refractivity contribution in [3.63, 3.8) is 0 Å². The zero-order valence-corrected chi connectivity index (χ0v) is 19.1. The Labute approximate surface area is 189 Å². The minimum atomic E-state index is -4.11. The standard InChI is InChI=1S/C22H19BrN2O5S/c1-15-9-11-19(12-10-15)31(27,28)30-21-17(6-4-8-20(21)29-2)14-24-25-22(26)16-5-3-7-18(23)13-16/h3-14H,1-2H3,(H,25,26)/b24-14-. The van der Waals surface area contributed by atoms with E-state index in [1.165, 1.54) is 25.5 Å². The van der Waals surface area contributed by atoms with Crippen molar-refractivity contribution in [2.24, 2.45) is 5.10 Å². The van der Waals surface area contributed by atoms with Crippen LogP contribution in [0, 0.1) is 6.92 Å². The number of methoxy groups -OCH3 is 1. The van der Waals surface area contributed by atoms with Gasteiger partial charge in [0.25, 0.3) is 5.91 Å². The van der Waals surface area contributed by atoms with Crippen molar-refractivity contribution in [1.29, 1.82) is 0 Å². The summed E-state index contributed by atoms with van der Waals surface area (Å²) >= 11 is 3.31. The van der Waals surface area contributed by atoms with E-state index in [1.54, 1.807) is 54.6 Å². The SMILES string of the molecule is COc1cccc(/C=N\NC(=O)c2cccc(Br)c2)c1OS(=O)(=O)c1ccc(C)cc1. The third kappa shape index (κ3) is 5.71. The maximum Gasteiger partial charge on any atom is 0.339 e. The lowest BCUT2D eigenvalue weighted by Gasteiger charge is -2.13. The number of hydrogen-bond donors (Lipinski definition) is 1. The fourth-order valence-electron chi connectivity index (χ4n) is 2.60. The summed E-state index contributed by atoms with van der Waals surface area (Å²) in [6, 6.07) is 17.9. The van der Waals surface area contributed by atoms with E-state index in [4.69, 9.17) is 8.92 Å². The molecular weight excluding hydrogens is 484 g/mol. The average molecular weight is 503 g/mol. The molecule has 160 valence electrons. The van der Waals surface area contributed by atoms with Crippen LogP contribution in [0.3, 0.4) is 0 Å². The van der Waals surface area contributed by atoms with Crippen molar-refractivity contribution in [2.75, 3.05) is 7.11 Å². The molecule has 0 atom stereocenters. The zero-order chi connectivity index (χ0) is 22.4. The Kier molecular flexibility index (Phi) is 7.09. The monoisotopic (exact) mass is 502 g/mol. The molecule has 3 rings (SSSR count). The number of ether oxygens (including phenoxy) is 1. The van der Waals surface area contributed by atoms with Gasteiger partial charge in [0, 0.05) is 15.6 Å². The number of carbonyl (C=O) groups is 1. The highest BCUT2D eigenvalue weighted by molar-refractivity contribution is 9.10. The highest BCUT2D eigenvalue weighted by atomic mass is 79.9. The molecule has 31 heavy (non-hydrogen) atoms. The van der Waals surface area contributed by atoms with E-state index in [-0.39, 0.29) is 16.4 Å². The lowest BCUT2D eigenvalue weighted by molar-refractivity contribution is 0.0955. The first-order valence-corrected chi connectivity index (χ1v) is 11.3. The van der Waals surface area contributed by atoms with Crippen molar-refractivity contribution < 1.29 is 22.1 Å². The molecule has 7 nitrogen and oxygen atoms in total. The number of hydrogen-bond acceptors (Lipinski definition) is 6. The maximum absolute atomic E-state index is 12.7. The number of rotatable bonds is 7. The van der Waals surface area contributed by atoms with Gasteiger partial charge >= 0.3 is 10.1 Å². The second-order valence-electron chi connectivity index (χ2n) is 6.44. The summed E-state index contributed by atoms with van der Waals surface area (Å²) in [5.41, 5.74) is 4.05. The first kappa shape index (κ1) is 22.5. The van der Waals surface area contributed by atoms with Crippen LogP contribution in [0.5, 0.6) is 11.5 Å². The van der Waals surface area contributed by atoms with Gasteiger partial charge in [-0.1, -0.05) is 45.8 Å². The van der Waals surface area contributed by atoms with Crippen molar-refractivity contribution in [2.45, 2.75) is 11.8 Å². The Morgan fingerprint density at radius 3 is 2.45 bits per heavy atom. The Hall–Kier alpha value is -3.17. The molecule has 1 amide bonds. The van der Waals surface area contributed by atoms with Gasteiger partial charge in [-0.25, -0.2) is 5.43 Å². The predicted octanol–water partition coefficient (Wildman–Crippen LogP) is 4.30. The van der Waals surface area contributed by atoms with Crippen molar-refractivity contribution in [3.8, 4) is 11.5 Å². The van der Waals surface area contributed by atoms with E-state index < -0.39 is 16.0 Å². The molecule has 0 fully saturated rings. The molecule has 1 N–H and O–H groups in total. The lowest BCUT2D eigenvalue weighted by atomic mass is 10.2. The third-order valence-corrected chi connectivity index (χ3v) is 5.92.